The molecule has 0 fully saturated rings. The van der Waals surface area contributed by atoms with Crippen molar-refractivity contribution in [2.24, 2.45) is 0 Å². The summed E-state index contributed by atoms with van der Waals surface area (Å²) in [5, 5.41) is 0. The van der Waals surface area contributed by atoms with Gasteiger partial charge in [-0.15, -0.1) is 0 Å². The Labute approximate surface area is 134 Å². The Bertz CT molecular complexity index is 541. The van der Waals surface area contributed by atoms with Gasteiger partial charge in [-0.25, -0.2) is 4.39 Å². The second-order valence-electron chi connectivity index (χ2n) is 4.31. The summed E-state index contributed by atoms with van der Waals surface area (Å²) in [5.41, 5.74) is 1.51. The molecule has 21 heavy (non-hydrogen) atoms. The van der Waals surface area contributed by atoms with Crippen LogP contribution in [0.1, 0.15) is 37.0 Å². The summed E-state index contributed by atoms with van der Waals surface area (Å²) in [7, 11) is 0. The van der Waals surface area contributed by atoms with E-state index < -0.39 is 0 Å². The fourth-order valence-electron chi connectivity index (χ4n) is 1.85. The molecule has 0 radical (unpaired) electrons. The minimum atomic E-state index is -0.370. The molecule has 112 valence electrons. The molecule has 1 aliphatic carbocycles. The molecule has 0 aromatic heterocycles. The van der Waals surface area contributed by atoms with Crippen molar-refractivity contribution in [3.63, 3.8) is 0 Å². The molecule has 1 atom stereocenters. The number of allylic oxidation sites excluding steroid dienone is 6. The molecule has 0 bridgehead atoms. The lowest BCUT2D eigenvalue weighted by molar-refractivity contribution is 0.0999. The molecular weight excluding hydrogens is 331 g/mol. The lowest BCUT2D eigenvalue weighted by Gasteiger charge is -2.12. The number of ketones is 1. The van der Waals surface area contributed by atoms with Crippen LogP contribution in [0.25, 0.3) is 0 Å². The Morgan fingerprint density at radius 3 is 2.48 bits per heavy atom. The topological polar surface area (TPSA) is 17.1 Å². The molecule has 0 amide bonds. The van der Waals surface area contributed by atoms with E-state index in [0.29, 0.717) is 5.56 Å². The van der Waals surface area contributed by atoms with Crippen LogP contribution in [0.15, 0.2) is 60.2 Å². The highest BCUT2D eigenvalue weighted by Crippen LogP contribution is 2.22. The van der Waals surface area contributed by atoms with Gasteiger partial charge in [-0.1, -0.05) is 60.2 Å². The summed E-state index contributed by atoms with van der Waals surface area (Å²) in [4.78, 5) is 11.9. The number of hydrogen-bond donors (Lipinski definition) is 0. The first-order valence-electron chi connectivity index (χ1n) is 7.13. The first-order valence-corrected chi connectivity index (χ1v) is 8.04. The second-order valence-corrected chi connectivity index (χ2v) is 5.23. The van der Waals surface area contributed by atoms with Crippen molar-refractivity contribution in [3.05, 3.63) is 71.6 Å². The highest BCUT2D eigenvalue weighted by atomic mass is 79.9. The van der Waals surface area contributed by atoms with Crippen LogP contribution in [0, 0.1) is 5.82 Å². The highest BCUT2D eigenvalue weighted by Gasteiger charge is 2.20. The van der Waals surface area contributed by atoms with Gasteiger partial charge in [0.25, 0.3) is 0 Å². The Kier molecular flexibility index (Phi) is 7.91. The van der Waals surface area contributed by atoms with Crippen molar-refractivity contribution in [3.8, 4) is 0 Å². The lowest BCUT2D eigenvalue weighted by Crippen LogP contribution is -2.16. The average molecular weight is 351 g/mol. The third kappa shape index (κ3) is 5.43. The van der Waals surface area contributed by atoms with Crippen LogP contribution < -0.4 is 0 Å². The van der Waals surface area contributed by atoms with E-state index in [1.54, 1.807) is 0 Å². The van der Waals surface area contributed by atoms with Crippen LogP contribution in [-0.4, -0.2) is 10.6 Å². The van der Waals surface area contributed by atoms with Crippen molar-refractivity contribution in [1.29, 1.82) is 0 Å². The molecule has 0 spiro atoms. The van der Waals surface area contributed by atoms with Crippen LogP contribution in [0.4, 0.5) is 4.39 Å². The highest BCUT2D eigenvalue weighted by molar-refractivity contribution is 9.10. The maximum atomic E-state index is 12.9. The number of halogens is 2. The van der Waals surface area contributed by atoms with Crippen molar-refractivity contribution >= 4 is 21.7 Å². The SMILES string of the molecule is CC.O=C(c1ccc(F)cc1)C(Br)/C1=C/C=C\CC=CC1. The molecule has 2 rings (SSSR count). The number of carbonyl (C=O) groups is 1. The molecule has 1 aliphatic rings. The summed E-state index contributed by atoms with van der Waals surface area (Å²) in [6.45, 7) is 4.00. The van der Waals surface area contributed by atoms with E-state index in [2.05, 4.69) is 28.1 Å². The van der Waals surface area contributed by atoms with Crippen LogP contribution in [-0.2, 0) is 0 Å². The Hall–Kier alpha value is -1.48. The van der Waals surface area contributed by atoms with Gasteiger partial charge >= 0.3 is 0 Å². The van der Waals surface area contributed by atoms with Gasteiger partial charge in [-0.05, 0) is 42.7 Å². The molecule has 0 aliphatic heterocycles. The quantitative estimate of drug-likeness (QED) is 0.392. The molecular formula is C18H20BrFO. The maximum Gasteiger partial charge on any atom is 0.180 e. The minimum absolute atomic E-state index is 0.0476. The third-order valence-electron chi connectivity index (χ3n) is 2.92. The smallest absolute Gasteiger partial charge is 0.180 e. The van der Waals surface area contributed by atoms with Crippen molar-refractivity contribution < 1.29 is 9.18 Å². The largest absolute Gasteiger partial charge is 0.293 e. The van der Waals surface area contributed by atoms with E-state index in [1.807, 2.05) is 32.1 Å². The van der Waals surface area contributed by atoms with Gasteiger partial charge < -0.3 is 0 Å². The average Bonchev–Trinajstić information content (AvgIpc) is 2.48. The monoisotopic (exact) mass is 350 g/mol. The summed E-state index contributed by atoms with van der Waals surface area (Å²) in [6.07, 6.45) is 11.8. The van der Waals surface area contributed by atoms with Crippen molar-refractivity contribution in [2.45, 2.75) is 31.5 Å². The number of alkyl halides is 1. The Morgan fingerprint density at radius 1 is 1.14 bits per heavy atom. The van der Waals surface area contributed by atoms with Crippen LogP contribution in [0.2, 0.25) is 0 Å². The molecule has 3 heteroatoms. The first kappa shape index (κ1) is 17.6. The molecule has 0 saturated heterocycles. The van der Waals surface area contributed by atoms with Gasteiger partial charge in [0.2, 0.25) is 0 Å². The van der Waals surface area contributed by atoms with E-state index in [-0.39, 0.29) is 16.4 Å². The summed E-state index contributed by atoms with van der Waals surface area (Å²) < 4.78 is 12.9. The summed E-state index contributed by atoms with van der Waals surface area (Å²) in [6, 6.07) is 5.64. The number of rotatable bonds is 3. The number of carbonyl (C=O) groups excluding carboxylic acids is 1. The Balaban J connectivity index is 0.00000106. The molecule has 1 unspecified atom stereocenters. The van der Waals surface area contributed by atoms with E-state index >= 15 is 0 Å². The standard InChI is InChI=1S/C16H14BrFO.C2H6/c17-15(12-6-4-2-1-3-5-7-12)16(19)13-8-10-14(18)11-9-13;1-2/h2-6,8-11,15H,1,7H2;1-2H3/b4-2-,5-3?,12-6+;. The maximum absolute atomic E-state index is 12.9. The lowest BCUT2D eigenvalue weighted by atomic mass is 9.99. The van der Waals surface area contributed by atoms with Crippen molar-refractivity contribution in [1.82, 2.24) is 0 Å². The van der Waals surface area contributed by atoms with Crippen LogP contribution >= 0.6 is 15.9 Å². The van der Waals surface area contributed by atoms with E-state index in [9.17, 15) is 9.18 Å². The van der Waals surface area contributed by atoms with Gasteiger partial charge in [0.15, 0.2) is 5.78 Å². The number of benzene rings is 1. The Morgan fingerprint density at radius 2 is 1.81 bits per heavy atom. The van der Waals surface area contributed by atoms with E-state index in [0.717, 1.165) is 18.4 Å². The predicted molar refractivity (Wildman–Crippen MR) is 90.4 cm³/mol. The predicted octanol–water partition coefficient (Wildman–Crippen LogP) is 5.63. The minimum Gasteiger partial charge on any atom is -0.293 e. The third-order valence-corrected chi connectivity index (χ3v) is 3.93. The molecule has 1 aromatic rings. The van der Waals surface area contributed by atoms with Gasteiger partial charge in [0, 0.05) is 5.56 Å². The van der Waals surface area contributed by atoms with Crippen LogP contribution in [0.5, 0.6) is 0 Å². The molecule has 1 aromatic carbocycles. The van der Waals surface area contributed by atoms with E-state index in [4.69, 9.17) is 0 Å². The summed E-state index contributed by atoms with van der Waals surface area (Å²) >= 11 is 3.44. The van der Waals surface area contributed by atoms with Gasteiger partial charge in [0.1, 0.15) is 5.82 Å². The zero-order chi connectivity index (χ0) is 15.7. The zero-order valence-electron chi connectivity index (χ0n) is 12.4. The van der Waals surface area contributed by atoms with Gasteiger partial charge in [0.05, 0.1) is 4.83 Å². The fourth-order valence-corrected chi connectivity index (χ4v) is 2.45. The number of hydrogen-bond acceptors (Lipinski definition) is 1. The molecule has 0 saturated carbocycles. The van der Waals surface area contributed by atoms with E-state index in [1.165, 1.54) is 24.3 Å². The first-order chi connectivity index (χ1) is 10.2. The number of Topliss-reactive ketones (excluding diaryl/α,β-unsaturated/α-hetero) is 1. The van der Waals surface area contributed by atoms with Crippen LogP contribution in [0.3, 0.4) is 0 Å². The summed E-state index contributed by atoms with van der Waals surface area (Å²) in [5.74, 6) is -0.382. The van der Waals surface area contributed by atoms with Gasteiger partial charge in [-0.2, -0.15) is 0 Å². The van der Waals surface area contributed by atoms with Crippen molar-refractivity contribution in [2.75, 3.05) is 0 Å². The van der Waals surface area contributed by atoms with Gasteiger partial charge in [-0.3, -0.25) is 4.79 Å². The molecule has 0 N–H and O–H groups in total. The normalized spacial score (nSPS) is 19.1. The molecule has 1 nitrogen and oxygen atoms in total. The fraction of sp³-hybridized carbons (Fsp3) is 0.278. The second kappa shape index (κ2) is 9.46. The zero-order valence-corrected chi connectivity index (χ0v) is 13.9. The molecule has 0 heterocycles.